The smallest absolute Gasteiger partial charge is 0.406 e. The summed E-state index contributed by atoms with van der Waals surface area (Å²) in [7, 11) is 1.34. The van der Waals surface area contributed by atoms with E-state index in [0.717, 1.165) is 24.1 Å². The molecule has 7 nitrogen and oxygen atoms in total. The van der Waals surface area contributed by atoms with Crippen molar-refractivity contribution < 1.29 is 9.53 Å². The minimum absolute atomic E-state index is 0.129. The van der Waals surface area contributed by atoms with E-state index in [1.54, 1.807) is 6.92 Å². The van der Waals surface area contributed by atoms with E-state index in [9.17, 15) is 9.59 Å². The Bertz CT molecular complexity index is 744. The molecule has 0 aliphatic carbocycles. The molecule has 0 radical (unpaired) electrons. The predicted molar refractivity (Wildman–Crippen MR) is 97.0 cm³/mol. The van der Waals surface area contributed by atoms with Gasteiger partial charge < -0.3 is 15.4 Å². The molecule has 1 aromatic heterocycles. The van der Waals surface area contributed by atoms with Crippen LogP contribution in [0.15, 0.2) is 35.1 Å². The van der Waals surface area contributed by atoms with Crippen molar-refractivity contribution in [3.8, 4) is 0 Å². The Morgan fingerprint density at radius 2 is 1.92 bits per heavy atom. The molecule has 0 aliphatic rings. The van der Waals surface area contributed by atoms with Crippen molar-refractivity contribution in [3.05, 3.63) is 57.5 Å². The number of benzene rings is 1. The first-order valence-corrected chi connectivity index (χ1v) is 8.29. The van der Waals surface area contributed by atoms with Crippen molar-refractivity contribution in [1.29, 1.82) is 0 Å². The molecule has 0 aliphatic heterocycles. The van der Waals surface area contributed by atoms with Gasteiger partial charge >= 0.3 is 6.09 Å². The van der Waals surface area contributed by atoms with Gasteiger partial charge in [-0.3, -0.25) is 9.78 Å². The highest BCUT2D eigenvalue weighted by Gasteiger charge is 2.08. The largest absolute Gasteiger partial charge is 0.453 e. The number of anilines is 1. The number of aromatic nitrogens is 2. The summed E-state index contributed by atoms with van der Waals surface area (Å²) in [6.07, 6.45) is 1.82. The van der Waals surface area contributed by atoms with E-state index in [1.807, 2.05) is 30.3 Å². The van der Waals surface area contributed by atoms with Gasteiger partial charge in [0.2, 0.25) is 5.95 Å². The van der Waals surface area contributed by atoms with E-state index in [2.05, 4.69) is 25.3 Å². The number of rotatable bonds is 8. The number of methoxy groups -OCH3 is 1. The highest BCUT2D eigenvalue weighted by molar-refractivity contribution is 5.66. The van der Waals surface area contributed by atoms with E-state index < -0.39 is 6.09 Å². The first-order valence-electron chi connectivity index (χ1n) is 8.29. The zero-order valence-electron chi connectivity index (χ0n) is 14.6. The van der Waals surface area contributed by atoms with Crippen LogP contribution in [0.25, 0.3) is 0 Å². The number of aromatic amines is 1. The number of amides is 1. The number of carbonyl (C=O) groups excluding carboxylic acids is 1. The molecule has 0 fully saturated rings. The van der Waals surface area contributed by atoms with Gasteiger partial charge in [-0.2, -0.15) is 0 Å². The normalized spacial score (nSPS) is 10.3. The maximum Gasteiger partial charge on any atom is 0.406 e. The molecule has 1 heterocycles. The zero-order valence-corrected chi connectivity index (χ0v) is 14.6. The number of hydrogen-bond donors (Lipinski definition) is 3. The van der Waals surface area contributed by atoms with Crippen LogP contribution in [0.2, 0.25) is 0 Å². The molecule has 0 atom stereocenters. The molecule has 0 bridgehead atoms. The molecular formula is C18H24N4O3. The van der Waals surface area contributed by atoms with Crippen molar-refractivity contribution in [3.63, 3.8) is 0 Å². The van der Waals surface area contributed by atoms with Gasteiger partial charge in [-0.05, 0) is 25.3 Å². The van der Waals surface area contributed by atoms with Crippen molar-refractivity contribution in [2.75, 3.05) is 25.5 Å². The standard InChI is InChI=1S/C18H24N4O3/c1-13-15(12-14-8-4-3-5-9-14)21-17(22-16(13)23)19-10-6-7-11-20-18(24)25-2/h3-5,8-9H,6-7,10-12H2,1-2H3,(H,20,24)(H2,19,21,22,23). The second-order valence-corrected chi connectivity index (χ2v) is 5.70. The molecule has 1 aromatic carbocycles. The first kappa shape index (κ1) is 18.5. The van der Waals surface area contributed by atoms with E-state index in [0.29, 0.717) is 31.0 Å². The predicted octanol–water partition coefficient (Wildman–Crippen LogP) is 2.22. The minimum atomic E-state index is -0.428. The van der Waals surface area contributed by atoms with Crippen molar-refractivity contribution in [2.24, 2.45) is 0 Å². The van der Waals surface area contributed by atoms with Gasteiger partial charge in [-0.25, -0.2) is 9.78 Å². The summed E-state index contributed by atoms with van der Waals surface area (Å²) in [6, 6.07) is 9.94. The lowest BCUT2D eigenvalue weighted by Gasteiger charge is -2.10. The number of nitrogens with one attached hydrogen (secondary N) is 3. The van der Waals surface area contributed by atoms with Gasteiger partial charge in [0.15, 0.2) is 0 Å². The number of alkyl carbamates (subject to hydrolysis) is 1. The van der Waals surface area contributed by atoms with Crippen molar-refractivity contribution in [1.82, 2.24) is 15.3 Å². The van der Waals surface area contributed by atoms with Crippen molar-refractivity contribution in [2.45, 2.75) is 26.2 Å². The molecule has 3 N–H and O–H groups in total. The number of unbranched alkanes of at least 4 members (excludes halogenated alkanes) is 1. The van der Waals surface area contributed by atoms with Crippen LogP contribution in [-0.2, 0) is 11.2 Å². The van der Waals surface area contributed by atoms with Crippen LogP contribution in [0, 0.1) is 6.92 Å². The number of H-pyrrole nitrogens is 1. The third-order valence-corrected chi connectivity index (χ3v) is 3.82. The fourth-order valence-electron chi connectivity index (χ4n) is 2.34. The highest BCUT2D eigenvalue weighted by Crippen LogP contribution is 2.10. The Morgan fingerprint density at radius 3 is 2.64 bits per heavy atom. The topological polar surface area (TPSA) is 96.1 Å². The third kappa shape index (κ3) is 5.95. The quantitative estimate of drug-likeness (QED) is 0.638. The Balaban J connectivity index is 1.89. The van der Waals surface area contributed by atoms with E-state index in [4.69, 9.17) is 0 Å². The molecule has 0 saturated carbocycles. The maximum absolute atomic E-state index is 12.1. The van der Waals surface area contributed by atoms with Crippen LogP contribution in [-0.4, -0.2) is 36.3 Å². The summed E-state index contributed by atoms with van der Waals surface area (Å²) in [5.41, 5.74) is 2.39. The molecule has 0 spiro atoms. The molecule has 2 aromatic rings. The summed E-state index contributed by atoms with van der Waals surface area (Å²) < 4.78 is 4.50. The van der Waals surface area contributed by atoms with E-state index >= 15 is 0 Å². The fraction of sp³-hybridized carbons (Fsp3) is 0.389. The monoisotopic (exact) mass is 344 g/mol. The van der Waals surface area contributed by atoms with Crippen molar-refractivity contribution >= 4 is 12.0 Å². The van der Waals surface area contributed by atoms with Gasteiger partial charge in [0.05, 0.1) is 12.8 Å². The van der Waals surface area contributed by atoms with Crippen LogP contribution in [0.5, 0.6) is 0 Å². The van der Waals surface area contributed by atoms with E-state index in [1.165, 1.54) is 7.11 Å². The third-order valence-electron chi connectivity index (χ3n) is 3.82. The maximum atomic E-state index is 12.1. The molecule has 0 unspecified atom stereocenters. The molecule has 1 amide bonds. The Labute approximate surface area is 146 Å². The second kappa shape index (κ2) is 9.46. The molecule has 2 rings (SSSR count). The SMILES string of the molecule is COC(=O)NCCCCNc1nc(Cc2ccccc2)c(C)c(=O)[nH]1. The minimum Gasteiger partial charge on any atom is -0.453 e. The van der Waals surface area contributed by atoms with Gasteiger partial charge in [-0.1, -0.05) is 30.3 Å². The van der Waals surface area contributed by atoms with E-state index in [-0.39, 0.29) is 5.56 Å². The van der Waals surface area contributed by atoms with Gasteiger partial charge in [0.25, 0.3) is 5.56 Å². The van der Waals surface area contributed by atoms with Gasteiger partial charge in [0.1, 0.15) is 0 Å². The summed E-state index contributed by atoms with van der Waals surface area (Å²) in [5, 5.41) is 5.75. The highest BCUT2D eigenvalue weighted by atomic mass is 16.5. The number of carbonyl (C=O) groups is 1. The fourth-order valence-corrected chi connectivity index (χ4v) is 2.34. The Hall–Kier alpha value is -2.83. The number of hydrogen-bond acceptors (Lipinski definition) is 5. The molecule has 0 saturated heterocycles. The van der Waals surface area contributed by atoms with Gasteiger partial charge in [0, 0.05) is 25.1 Å². The first-order chi connectivity index (χ1) is 12.1. The Kier molecular flexibility index (Phi) is 7.00. The van der Waals surface area contributed by atoms with Crippen LogP contribution in [0.3, 0.4) is 0 Å². The molecule has 134 valence electrons. The van der Waals surface area contributed by atoms with Crippen LogP contribution < -0.4 is 16.2 Å². The summed E-state index contributed by atoms with van der Waals surface area (Å²) in [4.78, 5) is 30.3. The molecule has 25 heavy (non-hydrogen) atoms. The lowest BCUT2D eigenvalue weighted by atomic mass is 10.1. The molecule has 7 heteroatoms. The lowest BCUT2D eigenvalue weighted by Crippen LogP contribution is -2.24. The van der Waals surface area contributed by atoms with Crippen LogP contribution in [0.1, 0.15) is 29.7 Å². The second-order valence-electron chi connectivity index (χ2n) is 5.70. The van der Waals surface area contributed by atoms with Gasteiger partial charge in [-0.15, -0.1) is 0 Å². The average Bonchev–Trinajstić information content (AvgIpc) is 2.62. The van der Waals surface area contributed by atoms with Crippen LogP contribution in [0.4, 0.5) is 10.7 Å². The number of ether oxygens (including phenoxy) is 1. The summed E-state index contributed by atoms with van der Waals surface area (Å²) in [6.45, 7) is 2.98. The zero-order chi connectivity index (χ0) is 18.1. The average molecular weight is 344 g/mol. The Morgan fingerprint density at radius 1 is 1.20 bits per heavy atom. The molecular weight excluding hydrogens is 320 g/mol. The summed E-state index contributed by atoms with van der Waals surface area (Å²) in [5.74, 6) is 0.474. The summed E-state index contributed by atoms with van der Waals surface area (Å²) >= 11 is 0. The van der Waals surface area contributed by atoms with Crippen LogP contribution >= 0.6 is 0 Å². The lowest BCUT2D eigenvalue weighted by molar-refractivity contribution is 0.171. The number of nitrogens with zero attached hydrogens (tertiary/aromatic N) is 1.